The molecule has 0 amide bonds. The zero-order chi connectivity index (χ0) is 9.40. The lowest BCUT2D eigenvalue weighted by Crippen LogP contribution is -2.17. The highest BCUT2D eigenvalue weighted by Gasteiger charge is 1.90. The lowest BCUT2D eigenvalue weighted by Gasteiger charge is -2.10. The van der Waals surface area contributed by atoms with Crippen molar-refractivity contribution in [2.75, 3.05) is 33.7 Å². The Hall–Kier alpha value is -0.440. The third-order valence-electron chi connectivity index (χ3n) is 1.31. The molecule has 0 radical (unpaired) electrons. The number of aliphatic imine (C=N–C) groups is 1. The van der Waals surface area contributed by atoms with Crippen LogP contribution in [0, 0.1) is 0 Å². The summed E-state index contributed by atoms with van der Waals surface area (Å²) in [6.07, 6.45) is 1.06. The topological polar surface area (TPSA) is 18.6 Å². The smallest absolute Gasteiger partial charge is 0.287 e. The predicted octanol–water partition coefficient (Wildman–Crippen LogP) is 0.606. The van der Waals surface area contributed by atoms with Crippen molar-refractivity contribution in [2.24, 2.45) is 4.99 Å². The maximum atomic E-state index is 4.96. The maximum absolute atomic E-state index is 4.96. The molecule has 70 valence electrons. The summed E-state index contributed by atoms with van der Waals surface area (Å²) in [5, 5.41) is 0. The molecule has 0 spiro atoms. The minimum Gasteiger partial charge on any atom is -0.550 e. The Balaban J connectivity index is 3.57. The van der Waals surface area contributed by atoms with Crippen LogP contribution in [-0.2, 0) is 12.8 Å². The van der Waals surface area contributed by atoms with Gasteiger partial charge >= 0.3 is 0 Å². The van der Waals surface area contributed by atoms with E-state index in [9.17, 15) is 0 Å². The first-order valence-corrected chi connectivity index (χ1v) is 4.55. The van der Waals surface area contributed by atoms with Crippen LogP contribution in [0.15, 0.2) is 4.99 Å². The number of rotatable bonds is 5. The lowest BCUT2D eigenvalue weighted by atomic mass is 10.4. The molecule has 0 fully saturated rings. The molecule has 0 saturated heterocycles. The summed E-state index contributed by atoms with van der Waals surface area (Å²) in [5.41, 5.74) is 0. The average molecular weight is 187 g/mol. The molecule has 0 heterocycles. The largest absolute Gasteiger partial charge is 0.550 e. The molecule has 0 rings (SSSR count). The minimum absolute atomic E-state index is 0.751. The Labute approximate surface area is 80.3 Å². The van der Waals surface area contributed by atoms with Crippen LogP contribution in [0.2, 0.25) is 0 Å². The van der Waals surface area contributed by atoms with Gasteiger partial charge in [-0.25, -0.2) is 0 Å². The first-order chi connectivity index (χ1) is 5.66. The van der Waals surface area contributed by atoms with Gasteiger partial charge in [-0.1, -0.05) is 0 Å². The number of nitrogens with zero attached hydrogens (tertiary/aromatic N) is 3. The van der Waals surface area contributed by atoms with E-state index in [4.69, 9.17) is 12.8 Å². The number of hydrogen-bond acceptors (Lipinski definition) is 3. The van der Waals surface area contributed by atoms with Gasteiger partial charge in [0.15, 0.2) is 0 Å². The second-order valence-corrected chi connectivity index (χ2v) is 3.27. The molecule has 0 aromatic carbocycles. The first kappa shape index (κ1) is 11.6. The Morgan fingerprint density at radius 1 is 1.50 bits per heavy atom. The fourth-order valence-corrected chi connectivity index (χ4v) is 0.917. The van der Waals surface area contributed by atoms with E-state index in [1.54, 1.807) is 3.98 Å². The van der Waals surface area contributed by atoms with Crippen molar-refractivity contribution < 1.29 is 3.98 Å². The van der Waals surface area contributed by atoms with Gasteiger partial charge in [0.25, 0.3) is 6.01 Å². The van der Waals surface area contributed by atoms with Gasteiger partial charge in [0.1, 0.15) is 6.54 Å². The van der Waals surface area contributed by atoms with Gasteiger partial charge in [0, 0.05) is 6.54 Å². The van der Waals surface area contributed by atoms with Crippen molar-refractivity contribution in [1.82, 2.24) is 4.90 Å². The van der Waals surface area contributed by atoms with Gasteiger partial charge in [-0.3, -0.25) is 0 Å². The highest BCUT2D eigenvalue weighted by molar-refractivity contribution is 7.51. The highest BCUT2D eigenvalue weighted by atomic mass is 32.1. The number of hydrogen-bond donors (Lipinski definition) is 0. The molecule has 0 atom stereocenters. The van der Waals surface area contributed by atoms with Gasteiger partial charge < -0.3 is 21.7 Å². The van der Waals surface area contributed by atoms with E-state index in [1.165, 1.54) is 0 Å². The summed E-state index contributed by atoms with van der Waals surface area (Å²) in [7, 11) is 4.11. The van der Waals surface area contributed by atoms with Crippen LogP contribution in [-0.4, -0.2) is 48.6 Å². The fourth-order valence-electron chi connectivity index (χ4n) is 0.730. The molecule has 0 aliphatic carbocycles. The van der Waals surface area contributed by atoms with Crippen molar-refractivity contribution >= 4 is 18.8 Å². The highest BCUT2D eigenvalue weighted by Crippen LogP contribution is 1.82. The molecule has 0 aromatic rings. The third-order valence-corrected chi connectivity index (χ3v) is 1.57. The summed E-state index contributed by atoms with van der Waals surface area (Å²) < 4.78 is 1.59. The van der Waals surface area contributed by atoms with Crippen LogP contribution in [0.1, 0.15) is 13.3 Å². The van der Waals surface area contributed by atoms with E-state index in [0.29, 0.717) is 0 Å². The molecule has 0 unspecified atom stereocenters. The zero-order valence-electron chi connectivity index (χ0n) is 8.08. The molecule has 0 bridgehead atoms. The van der Waals surface area contributed by atoms with Crippen molar-refractivity contribution in [3.63, 3.8) is 0 Å². The molecule has 0 aliphatic heterocycles. The Morgan fingerprint density at radius 3 is 2.67 bits per heavy atom. The quantitative estimate of drug-likeness (QED) is 0.357. The van der Waals surface area contributed by atoms with Gasteiger partial charge in [0.2, 0.25) is 0 Å². The first-order valence-electron chi connectivity index (χ1n) is 4.18. The molecule has 0 saturated carbocycles. The van der Waals surface area contributed by atoms with Gasteiger partial charge in [0.05, 0.1) is 6.54 Å². The average Bonchev–Trinajstić information content (AvgIpc) is 2.00. The summed E-state index contributed by atoms with van der Waals surface area (Å²) in [4.78, 5) is 6.07. The van der Waals surface area contributed by atoms with Crippen molar-refractivity contribution in [1.29, 1.82) is 0 Å². The van der Waals surface area contributed by atoms with E-state index in [0.717, 1.165) is 26.1 Å². The maximum Gasteiger partial charge on any atom is 0.287 e. The monoisotopic (exact) mass is 187 g/mol. The van der Waals surface area contributed by atoms with Crippen molar-refractivity contribution in [2.45, 2.75) is 13.3 Å². The van der Waals surface area contributed by atoms with Crippen LogP contribution in [0.4, 0.5) is 0 Å². The van der Waals surface area contributed by atoms with E-state index in [2.05, 4.69) is 30.0 Å². The van der Waals surface area contributed by atoms with Crippen LogP contribution in [0.5, 0.6) is 0 Å². The lowest BCUT2D eigenvalue weighted by molar-refractivity contribution is -0.339. The molecule has 0 N–H and O–H groups in total. The van der Waals surface area contributed by atoms with E-state index in [1.807, 2.05) is 6.92 Å². The second kappa shape index (κ2) is 7.22. The van der Waals surface area contributed by atoms with Gasteiger partial charge in [-0.15, -0.1) is 0 Å². The zero-order valence-corrected chi connectivity index (χ0v) is 8.89. The summed E-state index contributed by atoms with van der Waals surface area (Å²) in [5.74, 6) is 0. The van der Waals surface area contributed by atoms with E-state index >= 15 is 0 Å². The Bertz CT molecular complexity index is 171. The third kappa shape index (κ3) is 7.66. The SMILES string of the molecule is CCN=C=[N+]([S-])CCCN(C)C. The van der Waals surface area contributed by atoms with Crippen LogP contribution >= 0.6 is 0 Å². The summed E-state index contributed by atoms with van der Waals surface area (Å²) in [6, 6.07) is 2.76. The van der Waals surface area contributed by atoms with Crippen LogP contribution in [0.3, 0.4) is 0 Å². The van der Waals surface area contributed by atoms with Crippen molar-refractivity contribution in [3.05, 3.63) is 0 Å². The van der Waals surface area contributed by atoms with Gasteiger partial charge in [-0.2, -0.15) is 0 Å². The predicted molar refractivity (Wildman–Crippen MR) is 53.6 cm³/mol. The normalized spacial score (nSPS) is 9.67. The van der Waals surface area contributed by atoms with Crippen LogP contribution in [0.25, 0.3) is 0 Å². The minimum atomic E-state index is 0.751. The van der Waals surface area contributed by atoms with E-state index < -0.39 is 0 Å². The van der Waals surface area contributed by atoms with Gasteiger partial charge in [-0.05, 0) is 32.4 Å². The molecule has 4 heteroatoms. The Morgan fingerprint density at radius 2 is 2.17 bits per heavy atom. The molecule has 3 nitrogen and oxygen atoms in total. The summed E-state index contributed by atoms with van der Waals surface area (Å²) in [6.45, 7) is 4.62. The summed E-state index contributed by atoms with van der Waals surface area (Å²) >= 11 is 4.96. The molecular formula is C8H17N3S. The fraction of sp³-hybridized carbons (Fsp3) is 0.875. The second-order valence-electron chi connectivity index (χ2n) is 2.83. The van der Waals surface area contributed by atoms with E-state index in [-0.39, 0.29) is 0 Å². The van der Waals surface area contributed by atoms with Crippen LogP contribution < -0.4 is 0 Å². The van der Waals surface area contributed by atoms with Crippen molar-refractivity contribution in [3.8, 4) is 0 Å². The molecule has 0 aliphatic rings. The molecular weight excluding hydrogens is 170 g/mol. The Kier molecular flexibility index (Phi) is 6.96. The molecule has 12 heavy (non-hydrogen) atoms. The standard InChI is InChI=1S/C8H17N3S/c1-4-9-8-11(12)7-5-6-10(2)3/h4-7H2,1-3H3. The molecule has 0 aromatic heterocycles.